The number of carbonyl (C=O) groups is 2. The number of likely N-dealkylation sites (tertiary alicyclic amines) is 1. The van der Waals surface area contributed by atoms with Gasteiger partial charge in [0, 0.05) is 31.0 Å². The normalized spacial score (nSPS) is 17.5. The molecule has 2 heterocycles. The summed E-state index contributed by atoms with van der Waals surface area (Å²) in [6, 6.07) is 13.3. The van der Waals surface area contributed by atoms with Crippen LogP contribution in [0.4, 0.5) is 0 Å². The van der Waals surface area contributed by atoms with Gasteiger partial charge >= 0.3 is 0 Å². The number of hydrogen-bond donors (Lipinski definition) is 1. The van der Waals surface area contributed by atoms with Crippen molar-refractivity contribution in [3.63, 3.8) is 0 Å². The molecule has 33 heavy (non-hydrogen) atoms. The number of amides is 1. The van der Waals surface area contributed by atoms with E-state index in [1.807, 2.05) is 48.0 Å². The minimum absolute atomic E-state index is 0.0501. The predicted octanol–water partition coefficient (Wildman–Crippen LogP) is 4.45. The smallest absolute Gasteiger partial charge is 0.295 e. The molecule has 7 nitrogen and oxygen atoms in total. The second kappa shape index (κ2) is 9.92. The van der Waals surface area contributed by atoms with Crippen LogP contribution in [0, 0.1) is 0 Å². The average molecular weight is 466 g/mol. The van der Waals surface area contributed by atoms with E-state index in [2.05, 4.69) is 4.98 Å². The number of Topliss-reactive ketones (excluding diaryl/α,β-unsaturated/α-hetero) is 1. The van der Waals surface area contributed by atoms with E-state index in [0.29, 0.717) is 42.5 Å². The molecule has 4 rings (SSSR count). The minimum Gasteiger partial charge on any atom is -0.507 e. The van der Waals surface area contributed by atoms with Crippen molar-refractivity contribution in [2.24, 2.45) is 0 Å². The van der Waals surface area contributed by atoms with Gasteiger partial charge in [-0.05, 0) is 37.1 Å². The lowest BCUT2D eigenvalue weighted by Gasteiger charge is -2.25. The van der Waals surface area contributed by atoms with Crippen molar-refractivity contribution in [2.45, 2.75) is 25.9 Å². The van der Waals surface area contributed by atoms with Crippen LogP contribution in [0.2, 0.25) is 5.02 Å². The summed E-state index contributed by atoms with van der Waals surface area (Å²) in [7, 11) is 0. The fraction of sp³-hybridized carbons (Fsp3) is 0.240. The van der Waals surface area contributed by atoms with Crippen LogP contribution in [-0.4, -0.2) is 44.4 Å². The number of rotatable bonds is 8. The SMILES string of the molecule is CCOc1ccc(/C(O)=C2\C(=O)C(=O)N(CCCn3ccnc3)[C@H]2c2ccccc2)cc1Cl. The molecule has 0 radical (unpaired) electrons. The molecule has 1 aromatic heterocycles. The number of ketones is 1. The van der Waals surface area contributed by atoms with Gasteiger partial charge in [0.15, 0.2) is 0 Å². The van der Waals surface area contributed by atoms with Crippen LogP contribution in [0.25, 0.3) is 5.76 Å². The zero-order valence-electron chi connectivity index (χ0n) is 18.1. The number of nitrogens with zero attached hydrogens (tertiary/aromatic N) is 3. The number of hydrogen-bond acceptors (Lipinski definition) is 5. The maximum Gasteiger partial charge on any atom is 0.295 e. The summed E-state index contributed by atoms with van der Waals surface area (Å²) in [6.45, 7) is 3.30. The number of benzene rings is 2. The van der Waals surface area contributed by atoms with Crippen LogP contribution < -0.4 is 4.74 Å². The van der Waals surface area contributed by atoms with E-state index in [0.717, 1.165) is 5.56 Å². The van der Waals surface area contributed by atoms with Gasteiger partial charge in [0.25, 0.3) is 11.7 Å². The lowest BCUT2D eigenvalue weighted by Crippen LogP contribution is -2.31. The predicted molar refractivity (Wildman–Crippen MR) is 125 cm³/mol. The van der Waals surface area contributed by atoms with E-state index >= 15 is 0 Å². The molecule has 1 aliphatic rings. The fourth-order valence-corrected chi connectivity index (χ4v) is 4.25. The van der Waals surface area contributed by atoms with Crippen molar-refractivity contribution in [1.29, 1.82) is 0 Å². The largest absolute Gasteiger partial charge is 0.507 e. The highest BCUT2D eigenvalue weighted by Crippen LogP contribution is 2.40. The number of aromatic nitrogens is 2. The van der Waals surface area contributed by atoms with Crippen molar-refractivity contribution < 1.29 is 19.4 Å². The number of ether oxygens (including phenoxy) is 1. The van der Waals surface area contributed by atoms with E-state index in [1.165, 1.54) is 11.0 Å². The summed E-state index contributed by atoms with van der Waals surface area (Å²) in [6.07, 6.45) is 5.87. The summed E-state index contributed by atoms with van der Waals surface area (Å²) >= 11 is 6.30. The highest BCUT2D eigenvalue weighted by atomic mass is 35.5. The number of aliphatic hydroxyl groups is 1. The third kappa shape index (κ3) is 4.64. The first-order chi connectivity index (χ1) is 16.0. The van der Waals surface area contributed by atoms with Gasteiger partial charge in [-0.1, -0.05) is 41.9 Å². The summed E-state index contributed by atoms with van der Waals surface area (Å²) in [4.78, 5) is 31.6. The van der Waals surface area contributed by atoms with E-state index < -0.39 is 17.7 Å². The van der Waals surface area contributed by atoms with Crippen LogP contribution in [0.3, 0.4) is 0 Å². The van der Waals surface area contributed by atoms with Crippen molar-refractivity contribution in [2.75, 3.05) is 13.2 Å². The van der Waals surface area contributed by atoms with Crippen LogP contribution in [0.1, 0.15) is 30.5 Å². The first-order valence-corrected chi connectivity index (χ1v) is 11.1. The molecule has 3 aromatic rings. The third-order valence-electron chi connectivity index (χ3n) is 5.53. The summed E-state index contributed by atoms with van der Waals surface area (Å²) < 4.78 is 7.36. The molecule has 8 heteroatoms. The van der Waals surface area contributed by atoms with Crippen LogP contribution in [0.5, 0.6) is 5.75 Å². The quantitative estimate of drug-likeness (QED) is 0.302. The average Bonchev–Trinajstić information content (AvgIpc) is 3.43. The second-order valence-electron chi connectivity index (χ2n) is 7.64. The minimum atomic E-state index is -0.714. The Morgan fingerprint density at radius 2 is 1.94 bits per heavy atom. The van der Waals surface area contributed by atoms with E-state index in [4.69, 9.17) is 16.3 Å². The Kier molecular flexibility index (Phi) is 6.79. The topological polar surface area (TPSA) is 84.7 Å². The third-order valence-corrected chi connectivity index (χ3v) is 5.83. The summed E-state index contributed by atoms with van der Waals surface area (Å²) in [5.74, 6) is -1.12. The highest BCUT2D eigenvalue weighted by molar-refractivity contribution is 6.46. The second-order valence-corrected chi connectivity index (χ2v) is 8.04. The van der Waals surface area contributed by atoms with Crippen LogP contribution in [0.15, 0.2) is 72.8 Å². The molecule has 0 bridgehead atoms. The molecule has 170 valence electrons. The number of imidazole rings is 1. The lowest BCUT2D eigenvalue weighted by atomic mass is 9.95. The Morgan fingerprint density at radius 3 is 2.61 bits per heavy atom. The van der Waals surface area contributed by atoms with Gasteiger partial charge in [-0.25, -0.2) is 4.98 Å². The number of aliphatic hydroxyl groups excluding tert-OH is 1. The van der Waals surface area contributed by atoms with E-state index in [1.54, 1.807) is 24.7 Å². The first-order valence-electron chi connectivity index (χ1n) is 10.7. The monoisotopic (exact) mass is 465 g/mol. The maximum absolute atomic E-state index is 13.1. The molecular weight excluding hydrogens is 442 g/mol. The summed E-state index contributed by atoms with van der Waals surface area (Å²) in [5, 5.41) is 11.5. The summed E-state index contributed by atoms with van der Waals surface area (Å²) in [5.41, 5.74) is 1.15. The van der Waals surface area contributed by atoms with Gasteiger partial charge in [-0.3, -0.25) is 9.59 Å². The zero-order chi connectivity index (χ0) is 23.4. The van der Waals surface area contributed by atoms with Crippen molar-refractivity contribution in [3.8, 4) is 5.75 Å². The van der Waals surface area contributed by atoms with Crippen LogP contribution in [-0.2, 0) is 16.1 Å². The molecular formula is C25H24ClN3O4. The number of carbonyl (C=O) groups excluding carboxylic acids is 2. The van der Waals surface area contributed by atoms with Gasteiger partial charge in [0.2, 0.25) is 0 Å². The van der Waals surface area contributed by atoms with Crippen LogP contribution >= 0.6 is 11.6 Å². The zero-order valence-corrected chi connectivity index (χ0v) is 18.9. The van der Waals surface area contributed by atoms with E-state index in [-0.39, 0.29) is 11.3 Å². The van der Waals surface area contributed by atoms with Gasteiger partial charge < -0.3 is 19.3 Å². The first kappa shape index (κ1) is 22.6. The molecule has 1 aliphatic heterocycles. The van der Waals surface area contributed by atoms with Gasteiger partial charge in [0.1, 0.15) is 11.5 Å². The van der Waals surface area contributed by atoms with Crippen molar-refractivity contribution in [1.82, 2.24) is 14.5 Å². The molecule has 0 unspecified atom stereocenters. The lowest BCUT2D eigenvalue weighted by molar-refractivity contribution is -0.139. The van der Waals surface area contributed by atoms with Gasteiger partial charge in [0.05, 0.1) is 29.6 Å². The highest BCUT2D eigenvalue weighted by Gasteiger charge is 2.45. The van der Waals surface area contributed by atoms with E-state index in [9.17, 15) is 14.7 Å². The Hall–Kier alpha value is -3.58. The standard InChI is InChI=1S/C25H24ClN3O4/c1-2-33-20-10-9-18(15-19(20)26)23(30)21-22(17-7-4-3-5-8-17)29(25(32)24(21)31)13-6-12-28-14-11-27-16-28/h3-5,7-11,14-16,22,30H,2,6,12-13H2,1H3/b23-21+/t22-/m0/s1. The molecule has 0 spiro atoms. The Labute approximate surface area is 196 Å². The number of aryl methyl sites for hydroxylation is 1. The van der Waals surface area contributed by atoms with Gasteiger partial charge in [-0.15, -0.1) is 0 Å². The molecule has 0 aliphatic carbocycles. The molecule has 1 fully saturated rings. The molecule has 1 saturated heterocycles. The number of halogens is 1. The molecule has 1 atom stereocenters. The maximum atomic E-state index is 13.1. The molecule has 2 aromatic carbocycles. The molecule has 1 amide bonds. The fourth-order valence-electron chi connectivity index (χ4n) is 4.01. The van der Waals surface area contributed by atoms with Crippen molar-refractivity contribution >= 4 is 29.1 Å². The van der Waals surface area contributed by atoms with Gasteiger partial charge in [-0.2, -0.15) is 0 Å². The molecule has 0 saturated carbocycles. The molecule has 1 N–H and O–H groups in total. The Bertz CT molecular complexity index is 1180. The van der Waals surface area contributed by atoms with Crippen molar-refractivity contribution in [3.05, 3.63) is 89.0 Å². The Balaban J connectivity index is 1.71. The Morgan fingerprint density at radius 1 is 1.15 bits per heavy atom.